The van der Waals surface area contributed by atoms with Crippen LogP contribution in [0.2, 0.25) is 0 Å². The highest BCUT2D eigenvalue weighted by Crippen LogP contribution is 2.60. The van der Waals surface area contributed by atoms with Crippen molar-refractivity contribution in [3.8, 4) is 0 Å². The number of alkyl halides is 15. The van der Waals surface area contributed by atoms with Gasteiger partial charge in [0.25, 0.3) is 11.2 Å². The average Bonchev–Trinajstić information content (AvgIpc) is 2.63. The standard InChI is InChI=1S/C18H17F15O4/c1-7(14(19,20)21)11(34)37-10-5-8(12(35-2,15(22,23)24)16(25,26)27)4-9(6-10)13(36-3,17(28,29)30)18(31,32)33/h8-10H,1,4-6H2,2-3H3. The van der Waals surface area contributed by atoms with Gasteiger partial charge in [0.15, 0.2) is 0 Å². The number of rotatable bonds is 6. The lowest BCUT2D eigenvalue weighted by Gasteiger charge is -2.50. The van der Waals surface area contributed by atoms with Crippen molar-refractivity contribution < 1.29 is 84.9 Å². The number of carbonyl (C=O) groups is 1. The summed E-state index contributed by atoms with van der Waals surface area (Å²) in [7, 11) is -0.345. The fourth-order valence-electron chi connectivity index (χ4n) is 4.41. The summed E-state index contributed by atoms with van der Waals surface area (Å²) in [6, 6.07) is 0. The molecule has 0 aromatic carbocycles. The van der Waals surface area contributed by atoms with Gasteiger partial charge in [-0.15, -0.1) is 0 Å². The Morgan fingerprint density at radius 3 is 1.14 bits per heavy atom. The molecule has 4 nitrogen and oxygen atoms in total. The van der Waals surface area contributed by atoms with Crippen LogP contribution in [0, 0.1) is 11.8 Å². The number of hydrogen-bond donors (Lipinski definition) is 0. The molecule has 1 aliphatic rings. The number of esters is 1. The second kappa shape index (κ2) is 10.00. The van der Waals surface area contributed by atoms with E-state index in [2.05, 4.69) is 20.8 Å². The molecule has 2 atom stereocenters. The number of ether oxygens (including phenoxy) is 3. The van der Waals surface area contributed by atoms with Crippen LogP contribution >= 0.6 is 0 Å². The largest absolute Gasteiger partial charge is 0.459 e. The first-order valence-electron chi connectivity index (χ1n) is 9.58. The van der Waals surface area contributed by atoms with Crippen LogP contribution in [0.3, 0.4) is 0 Å². The van der Waals surface area contributed by atoms with Gasteiger partial charge in [-0.25, -0.2) is 4.79 Å². The van der Waals surface area contributed by atoms with E-state index >= 15 is 0 Å². The van der Waals surface area contributed by atoms with Crippen molar-refractivity contribution in [1.29, 1.82) is 0 Å². The molecule has 0 radical (unpaired) electrons. The van der Waals surface area contributed by atoms with Crippen LogP contribution in [-0.2, 0) is 19.0 Å². The van der Waals surface area contributed by atoms with Crippen molar-refractivity contribution in [2.24, 2.45) is 11.8 Å². The van der Waals surface area contributed by atoms with E-state index in [0.717, 1.165) is 0 Å². The SMILES string of the molecule is C=C(C(=O)OC1CC(C(OC)(C(F)(F)F)C(F)(F)F)CC(C(OC)(C(F)(F)F)C(F)(F)F)C1)C(F)(F)F. The van der Waals surface area contributed by atoms with E-state index in [1.54, 1.807) is 0 Å². The Kier molecular flexibility index (Phi) is 8.94. The van der Waals surface area contributed by atoms with Gasteiger partial charge >= 0.3 is 36.9 Å². The van der Waals surface area contributed by atoms with Crippen molar-refractivity contribution in [3.05, 3.63) is 12.2 Å². The lowest BCUT2D eigenvalue weighted by molar-refractivity contribution is -0.411. The summed E-state index contributed by atoms with van der Waals surface area (Å²) in [5, 5.41) is 0. The zero-order chi connectivity index (χ0) is 29.6. The second-order valence-corrected chi connectivity index (χ2v) is 7.98. The lowest BCUT2D eigenvalue weighted by Crippen LogP contribution is -2.68. The zero-order valence-electron chi connectivity index (χ0n) is 18.4. The van der Waals surface area contributed by atoms with E-state index in [1.165, 1.54) is 0 Å². The molecule has 19 heteroatoms. The molecule has 37 heavy (non-hydrogen) atoms. The highest BCUT2D eigenvalue weighted by atomic mass is 19.4. The number of halogens is 15. The Hall–Kier alpha value is -1.92. The molecule has 0 amide bonds. The van der Waals surface area contributed by atoms with E-state index in [-0.39, 0.29) is 14.2 Å². The number of methoxy groups -OCH3 is 2. The molecule has 2 unspecified atom stereocenters. The first-order chi connectivity index (χ1) is 16.2. The van der Waals surface area contributed by atoms with Gasteiger partial charge in [0.1, 0.15) is 11.7 Å². The van der Waals surface area contributed by atoms with Crippen LogP contribution < -0.4 is 0 Å². The minimum atomic E-state index is -6.51. The van der Waals surface area contributed by atoms with E-state index in [0.29, 0.717) is 0 Å². The third kappa shape index (κ3) is 5.75. The third-order valence-corrected chi connectivity index (χ3v) is 6.00. The maximum atomic E-state index is 13.7. The minimum absolute atomic E-state index is 0.172. The normalized spacial score (nSPS) is 23.1. The highest BCUT2D eigenvalue weighted by molar-refractivity contribution is 5.89. The van der Waals surface area contributed by atoms with Gasteiger partial charge in [-0.2, -0.15) is 65.9 Å². The lowest BCUT2D eigenvalue weighted by atomic mass is 9.65. The summed E-state index contributed by atoms with van der Waals surface area (Å²) in [6.45, 7) is 2.25. The molecule has 0 aliphatic heterocycles. The molecule has 0 aromatic rings. The maximum absolute atomic E-state index is 13.7. The molecule has 0 N–H and O–H groups in total. The number of hydrogen-bond acceptors (Lipinski definition) is 4. The fraction of sp³-hybridized carbons (Fsp3) is 0.833. The fourth-order valence-corrected chi connectivity index (χ4v) is 4.41. The highest BCUT2D eigenvalue weighted by Gasteiger charge is 2.80. The van der Waals surface area contributed by atoms with Crippen LogP contribution in [0.25, 0.3) is 0 Å². The molecule has 1 aliphatic carbocycles. The van der Waals surface area contributed by atoms with Crippen LogP contribution in [0.1, 0.15) is 19.3 Å². The monoisotopic (exact) mass is 582 g/mol. The van der Waals surface area contributed by atoms with Crippen LogP contribution in [-0.4, -0.2) is 68.4 Å². The summed E-state index contributed by atoms with van der Waals surface area (Å²) in [5.41, 5.74) is -13.2. The first-order valence-corrected chi connectivity index (χ1v) is 9.58. The van der Waals surface area contributed by atoms with Crippen molar-refractivity contribution >= 4 is 5.97 Å². The molecule has 0 bridgehead atoms. The Labute approximate surface area is 197 Å². The molecule has 1 saturated carbocycles. The van der Waals surface area contributed by atoms with Crippen LogP contribution in [0.15, 0.2) is 12.2 Å². The van der Waals surface area contributed by atoms with Crippen molar-refractivity contribution in [3.63, 3.8) is 0 Å². The maximum Gasteiger partial charge on any atom is 0.426 e. The Morgan fingerprint density at radius 1 is 0.622 bits per heavy atom. The van der Waals surface area contributed by atoms with Gasteiger partial charge in [0, 0.05) is 26.1 Å². The molecule has 0 aromatic heterocycles. The molecule has 1 fully saturated rings. The van der Waals surface area contributed by atoms with Crippen molar-refractivity contribution in [1.82, 2.24) is 0 Å². The molecule has 218 valence electrons. The predicted octanol–water partition coefficient (Wildman–Crippen LogP) is 6.45. The third-order valence-electron chi connectivity index (χ3n) is 6.00. The van der Waals surface area contributed by atoms with E-state index in [4.69, 9.17) is 0 Å². The van der Waals surface area contributed by atoms with E-state index < -0.39 is 90.8 Å². The average molecular weight is 582 g/mol. The summed E-state index contributed by atoms with van der Waals surface area (Å²) in [6.07, 6.45) is -40.1. The molecule has 0 saturated heterocycles. The first kappa shape index (κ1) is 33.1. The molecular weight excluding hydrogens is 565 g/mol. The predicted molar refractivity (Wildman–Crippen MR) is 89.6 cm³/mol. The van der Waals surface area contributed by atoms with Crippen LogP contribution in [0.5, 0.6) is 0 Å². The van der Waals surface area contributed by atoms with E-state index in [9.17, 15) is 70.7 Å². The summed E-state index contributed by atoms with van der Waals surface area (Å²) in [5.74, 6) is -9.28. The minimum Gasteiger partial charge on any atom is -0.459 e. The van der Waals surface area contributed by atoms with Crippen LogP contribution in [0.4, 0.5) is 65.9 Å². The van der Waals surface area contributed by atoms with Crippen molar-refractivity contribution in [2.45, 2.75) is 67.5 Å². The molecular formula is C18H17F15O4. The summed E-state index contributed by atoms with van der Waals surface area (Å²) < 4.78 is 214. The summed E-state index contributed by atoms with van der Waals surface area (Å²) in [4.78, 5) is 11.7. The Bertz CT molecular complexity index is 759. The molecule has 0 spiro atoms. The second-order valence-electron chi connectivity index (χ2n) is 7.98. The van der Waals surface area contributed by atoms with Gasteiger partial charge in [-0.3, -0.25) is 0 Å². The molecule has 1 rings (SSSR count). The zero-order valence-corrected chi connectivity index (χ0v) is 18.4. The topological polar surface area (TPSA) is 44.8 Å². The summed E-state index contributed by atoms with van der Waals surface area (Å²) >= 11 is 0. The van der Waals surface area contributed by atoms with Gasteiger partial charge in [0.05, 0.1) is 0 Å². The Morgan fingerprint density at radius 2 is 0.919 bits per heavy atom. The van der Waals surface area contributed by atoms with Gasteiger partial charge < -0.3 is 14.2 Å². The smallest absolute Gasteiger partial charge is 0.426 e. The van der Waals surface area contributed by atoms with Gasteiger partial charge in [0.2, 0.25) is 0 Å². The quantitative estimate of drug-likeness (QED) is 0.205. The Balaban J connectivity index is 3.84. The van der Waals surface area contributed by atoms with Crippen molar-refractivity contribution in [2.75, 3.05) is 14.2 Å². The molecule has 0 heterocycles. The van der Waals surface area contributed by atoms with E-state index in [1.807, 2.05) is 0 Å². The van der Waals surface area contributed by atoms with Gasteiger partial charge in [-0.1, -0.05) is 6.58 Å². The number of carbonyl (C=O) groups excluding carboxylic acids is 1. The van der Waals surface area contributed by atoms with Gasteiger partial charge in [-0.05, 0) is 19.3 Å².